The lowest BCUT2D eigenvalue weighted by atomic mass is 10.1. The van der Waals surface area contributed by atoms with Crippen molar-refractivity contribution in [1.29, 1.82) is 0 Å². The Kier molecular flexibility index (Phi) is 4.82. The van der Waals surface area contributed by atoms with Crippen LogP contribution in [0.4, 0.5) is 18.9 Å². The number of benzene rings is 2. The normalized spacial score (nSPS) is 11.4. The highest BCUT2D eigenvalue weighted by molar-refractivity contribution is 9.10. The van der Waals surface area contributed by atoms with Gasteiger partial charge in [-0.15, -0.1) is 0 Å². The van der Waals surface area contributed by atoms with E-state index in [0.717, 1.165) is 29.8 Å². The largest absolute Gasteiger partial charge is 0.416 e. The SMILES string of the molecule is Cc1ccc(Br)c(NC(=O)c2ccc(C(F)(F)F)cc2)c1Cl. The van der Waals surface area contributed by atoms with Crippen molar-refractivity contribution in [2.24, 2.45) is 0 Å². The molecule has 0 heterocycles. The van der Waals surface area contributed by atoms with E-state index in [-0.39, 0.29) is 5.56 Å². The molecule has 116 valence electrons. The van der Waals surface area contributed by atoms with Crippen LogP contribution in [-0.4, -0.2) is 5.91 Å². The van der Waals surface area contributed by atoms with Gasteiger partial charge >= 0.3 is 6.18 Å². The molecule has 0 spiro atoms. The van der Waals surface area contributed by atoms with E-state index < -0.39 is 17.6 Å². The molecular weight excluding hydrogens is 383 g/mol. The third-order valence-corrected chi connectivity index (χ3v) is 4.15. The molecule has 2 rings (SSSR count). The van der Waals surface area contributed by atoms with E-state index >= 15 is 0 Å². The second-order valence-electron chi connectivity index (χ2n) is 4.58. The first-order valence-electron chi connectivity index (χ1n) is 6.13. The Morgan fingerprint density at radius 3 is 2.27 bits per heavy atom. The summed E-state index contributed by atoms with van der Waals surface area (Å²) < 4.78 is 38.1. The average Bonchev–Trinajstić information content (AvgIpc) is 2.46. The fourth-order valence-electron chi connectivity index (χ4n) is 1.77. The lowest BCUT2D eigenvalue weighted by Gasteiger charge is -2.12. The maximum absolute atomic E-state index is 12.5. The Morgan fingerprint density at radius 2 is 1.73 bits per heavy atom. The number of hydrogen-bond acceptors (Lipinski definition) is 1. The fraction of sp³-hybridized carbons (Fsp3) is 0.133. The van der Waals surface area contributed by atoms with Crippen LogP contribution in [0.5, 0.6) is 0 Å². The summed E-state index contributed by atoms with van der Waals surface area (Å²) in [6, 6.07) is 7.47. The van der Waals surface area contributed by atoms with Gasteiger partial charge in [0.1, 0.15) is 0 Å². The van der Waals surface area contributed by atoms with Crippen LogP contribution in [0.15, 0.2) is 40.9 Å². The smallest absolute Gasteiger partial charge is 0.320 e. The van der Waals surface area contributed by atoms with Gasteiger partial charge in [-0.2, -0.15) is 13.2 Å². The highest BCUT2D eigenvalue weighted by Gasteiger charge is 2.30. The van der Waals surface area contributed by atoms with Crippen LogP contribution in [0, 0.1) is 6.92 Å². The summed E-state index contributed by atoms with van der Waals surface area (Å²) in [4.78, 5) is 12.1. The minimum absolute atomic E-state index is 0.109. The zero-order valence-corrected chi connectivity index (χ0v) is 13.6. The molecule has 0 unspecified atom stereocenters. The lowest BCUT2D eigenvalue weighted by molar-refractivity contribution is -0.137. The van der Waals surface area contributed by atoms with Gasteiger partial charge in [-0.05, 0) is 58.7 Å². The van der Waals surface area contributed by atoms with E-state index in [9.17, 15) is 18.0 Å². The summed E-state index contributed by atoms with van der Waals surface area (Å²) in [6.07, 6.45) is -4.43. The molecular formula is C15H10BrClF3NO. The number of carbonyl (C=O) groups is 1. The zero-order valence-electron chi connectivity index (χ0n) is 11.3. The molecule has 0 saturated heterocycles. The highest BCUT2D eigenvalue weighted by Crippen LogP contribution is 2.34. The van der Waals surface area contributed by atoms with Crippen molar-refractivity contribution in [2.75, 3.05) is 5.32 Å². The van der Waals surface area contributed by atoms with Crippen LogP contribution in [-0.2, 0) is 6.18 Å². The van der Waals surface area contributed by atoms with E-state index in [4.69, 9.17) is 11.6 Å². The molecule has 0 atom stereocenters. The fourth-order valence-corrected chi connectivity index (χ4v) is 2.52. The first-order valence-corrected chi connectivity index (χ1v) is 7.30. The Morgan fingerprint density at radius 1 is 1.14 bits per heavy atom. The second-order valence-corrected chi connectivity index (χ2v) is 5.81. The molecule has 22 heavy (non-hydrogen) atoms. The third-order valence-electron chi connectivity index (χ3n) is 3.00. The Balaban J connectivity index is 2.25. The maximum atomic E-state index is 12.5. The van der Waals surface area contributed by atoms with Gasteiger partial charge in [0.2, 0.25) is 0 Å². The summed E-state index contributed by atoms with van der Waals surface area (Å²) in [5, 5.41) is 2.96. The number of aryl methyl sites for hydroxylation is 1. The minimum atomic E-state index is -4.43. The van der Waals surface area contributed by atoms with E-state index in [0.29, 0.717) is 15.2 Å². The van der Waals surface area contributed by atoms with Gasteiger partial charge in [-0.1, -0.05) is 17.7 Å². The number of rotatable bonds is 2. The lowest BCUT2D eigenvalue weighted by Crippen LogP contribution is -2.13. The van der Waals surface area contributed by atoms with Crippen LogP contribution in [0.3, 0.4) is 0 Å². The molecule has 0 aliphatic heterocycles. The second kappa shape index (κ2) is 6.30. The number of alkyl halides is 3. The van der Waals surface area contributed by atoms with Crippen molar-refractivity contribution >= 4 is 39.1 Å². The molecule has 0 saturated carbocycles. The molecule has 7 heteroatoms. The van der Waals surface area contributed by atoms with Gasteiger partial charge < -0.3 is 5.32 Å². The average molecular weight is 393 g/mol. The summed E-state index contributed by atoms with van der Waals surface area (Å²) in [5.74, 6) is -0.540. The van der Waals surface area contributed by atoms with Crippen molar-refractivity contribution in [1.82, 2.24) is 0 Å². The monoisotopic (exact) mass is 391 g/mol. The molecule has 2 nitrogen and oxygen atoms in total. The van der Waals surface area contributed by atoms with Crippen molar-refractivity contribution in [3.05, 3.63) is 62.6 Å². The molecule has 2 aromatic rings. The van der Waals surface area contributed by atoms with Crippen LogP contribution in [0.1, 0.15) is 21.5 Å². The van der Waals surface area contributed by atoms with Gasteiger partial charge in [0.05, 0.1) is 16.3 Å². The minimum Gasteiger partial charge on any atom is -0.320 e. The molecule has 0 fully saturated rings. The van der Waals surface area contributed by atoms with Gasteiger partial charge in [-0.3, -0.25) is 4.79 Å². The van der Waals surface area contributed by atoms with Crippen LogP contribution >= 0.6 is 27.5 Å². The summed E-state index contributed by atoms with van der Waals surface area (Å²) in [7, 11) is 0. The van der Waals surface area contributed by atoms with E-state index in [1.165, 1.54) is 0 Å². The zero-order chi connectivity index (χ0) is 16.5. The van der Waals surface area contributed by atoms with Crippen LogP contribution in [0.2, 0.25) is 5.02 Å². The van der Waals surface area contributed by atoms with E-state index in [2.05, 4.69) is 21.2 Å². The Hall–Kier alpha value is -1.53. The molecule has 0 radical (unpaired) electrons. The van der Waals surface area contributed by atoms with Gasteiger partial charge in [0.25, 0.3) is 5.91 Å². The molecule has 0 aliphatic rings. The number of amides is 1. The topological polar surface area (TPSA) is 29.1 Å². The van der Waals surface area contributed by atoms with Crippen molar-refractivity contribution < 1.29 is 18.0 Å². The van der Waals surface area contributed by atoms with Crippen LogP contribution in [0.25, 0.3) is 0 Å². The number of anilines is 1. The molecule has 0 bridgehead atoms. The standard InChI is InChI=1S/C15H10BrClF3NO/c1-8-2-7-11(16)13(12(8)17)21-14(22)9-3-5-10(6-4-9)15(18,19)20/h2-7H,1H3,(H,21,22). The summed E-state index contributed by atoms with van der Waals surface area (Å²) in [5.41, 5.74) is 0.454. The first kappa shape index (κ1) is 16.8. The van der Waals surface area contributed by atoms with Crippen molar-refractivity contribution in [2.45, 2.75) is 13.1 Å². The number of carbonyl (C=O) groups excluding carboxylic acids is 1. The summed E-state index contributed by atoms with van der Waals surface area (Å²) >= 11 is 9.39. The molecule has 1 amide bonds. The number of hydrogen-bond donors (Lipinski definition) is 1. The summed E-state index contributed by atoms with van der Waals surface area (Å²) in [6.45, 7) is 1.78. The van der Waals surface area contributed by atoms with Crippen molar-refractivity contribution in [3.8, 4) is 0 Å². The first-order chi connectivity index (χ1) is 10.2. The molecule has 0 aromatic heterocycles. The van der Waals surface area contributed by atoms with E-state index in [1.54, 1.807) is 19.1 Å². The Bertz CT molecular complexity index is 714. The predicted molar refractivity (Wildman–Crippen MR) is 83.3 cm³/mol. The molecule has 0 aliphatic carbocycles. The molecule has 2 aromatic carbocycles. The van der Waals surface area contributed by atoms with Gasteiger partial charge in [-0.25, -0.2) is 0 Å². The highest BCUT2D eigenvalue weighted by atomic mass is 79.9. The van der Waals surface area contributed by atoms with Gasteiger partial charge in [0, 0.05) is 10.0 Å². The maximum Gasteiger partial charge on any atom is 0.416 e. The third kappa shape index (κ3) is 3.62. The molecule has 1 N–H and O–H groups in total. The quantitative estimate of drug-likeness (QED) is 0.700. The number of nitrogens with one attached hydrogen (secondary N) is 1. The van der Waals surface area contributed by atoms with Gasteiger partial charge in [0.15, 0.2) is 0 Å². The van der Waals surface area contributed by atoms with Crippen molar-refractivity contribution in [3.63, 3.8) is 0 Å². The predicted octanol–water partition coefficient (Wildman–Crippen LogP) is 5.68. The van der Waals surface area contributed by atoms with E-state index in [1.807, 2.05) is 0 Å². The Labute approximate surface area is 138 Å². The number of halogens is 5. The van der Waals surface area contributed by atoms with Crippen LogP contribution < -0.4 is 5.32 Å².